The highest BCUT2D eigenvalue weighted by atomic mass is 16.5. The van der Waals surface area contributed by atoms with Crippen LogP contribution in [0.2, 0.25) is 0 Å². The number of rotatable bonds is 13. The van der Waals surface area contributed by atoms with Crippen LogP contribution in [-0.2, 0) is 4.79 Å². The van der Waals surface area contributed by atoms with Gasteiger partial charge in [-0.05, 0) is 42.2 Å². The summed E-state index contributed by atoms with van der Waals surface area (Å²) in [6.07, 6.45) is 7.04. The molecule has 0 aliphatic heterocycles. The summed E-state index contributed by atoms with van der Waals surface area (Å²) in [7, 11) is 0. The molecule has 148 valence electrons. The maximum Gasteiger partial charge on any atom is 0.303 e. The highest BCUT2D eigenvalue weighted by Crippen LogP contribution is 2.33. The zero-order valence-corrected chi connectivity index (χ0v) is 16.3. The first-order valence-electron chi connectivity index (χ1n) is 10.2. The minimum Gasteiger partial charge on any atom is -0.493 e. The van der Waals surface area contributed by atoms with Gasteiger partial charge in [0.2, 0.25) is 0 Å². The fourth-order valence-electron chi connectivity index (χ4n) is 3.28. The van der Waals surface area contributed by atoms with Crippen molar-refractivity contribution in [2.45, 2.75) is 70.8 Å². The summed E-state index contributed by atoms with van der Waals surface area (Å²) in [5.74, 6) is 0.0410. The van der Waals surface area contributed by atoms with Crippen LogP contribution in [0.25, 0.3) is 10.8 Å². The molecule has 2 aromatic carbocycles. The molecule has 4 nitrogen and oxygen atoms in total. The van der Waals surface area contributed by atoms with Gasteiger partial charge in [-0.15, -0.1) is 0 Å². The third-order valence-corrected chi connectivity index (χ3v) is 4.86. The SMILES string of the molecule is CCCCCOc1cc2ccccc2cc1C(O)CCCCCCC(=O)O. The Morgan fingerprint density at radius 3 is 2.41 bits per heavy atom. The Labute approximate surface area is 162 Å². The molecule has 2 N–H and O–H groups in total. The first kappa shape index (κ1) is 21.2. The second-order valence-electron chi connectivity index (χ2n) is 7.16. The summed E-state index contributed by atoms with van der Waals surface area (Å²) in [4.78, 5) is 10.5. The van der Waals surface area contributed by atoms with E-state index in [2.05, 4.69) is 19.1 Å². The van der Waals surface area contributed by atoms with Gasteiger partial charge in [0.25, 0.3) is 0 Å². The summed E-state index contributed by atoms with van der Waals surface area (Å²) >= 11 is 0. The lowest BCUT2D eigenvalue weighted by Gasteiger charge is -2.18. The zero-order chi connectivity index (χ0) is 19.5. The normalized spacial score (nSPS) is 12.2. The van der Waals surface area contributed by atoms with E-state index in [4.69, 9.17) is 9.84 Å². The predicted molar refractivity (Wildman–Crippen MR) is 109 cm³/mol. The molecule has 0 radical (unpaired) electrons. The first-order chi connectivity index (χ1) is 13.1. The van der Waals surface area contributed by atoms with Crippen LogP contribution in [-0.4, -0.2) is 22.8 Å². The fraction of sp³-hybridized carbons (Fsp3) is 0.522. The molecule has 1 unspecified atom stereocenters. The predicted octanol–water partition coefficient (Wildman–Crippen LogP) is 5.87. The number of aliphatic hydroxyl groups is 1. The van der Waals surface area contributed by atoms with Crippen LogP contribution in [0, 0.1) is 0 Å². The number of carboxylic acids is 1. The second-order valence-corrected chi connectivity index (χ2v) is 7.16. The van der Waals surface area contributed by atoms with E-state index in [0.717, 1.165) is 60.6 Å². The number of carboxylic acid groups (broad SMARTS) is 1. The van der Waals surface area contributed by atoms with Crippen LogP contribution >= 0.6 is 0 Å². The van der Waals surface area contributed by atoms with Crippen LogP contribution in [0.15, 0.2) is 36.4 Å². The number of hydrogen-bond donors (Lipinski definition) is 2. The molecule has 2 aromatic rings. The number of fused-ring (bicyclic) bond motifs is 1. The zero-order valence-electron chi connectivity index (χ0n) is 16.3. The lowest BCUT2D eigenvalue weighted by molar-refractivity contribution is -0.137. The van der Waals surface area contributed by atoms with Gasteiger partial charge in [-0.3, -0.25) is 4.79 Å². The van der Waals surface area contributed by atoms with Gasteiger partial charge in [-0.1, -0.05) is 63.3 Å². The smallest absolute Gasteiger partial charge is 0.303 e. The quantitative estimate of drug-likeness (QED) is 0.432. The maximum absolute atomic E-state index is 10.7. The van der Waals surface area contributed by atoms with E-state index >= 15 is 0 Å². The minimum absolute atomic E-state index is 0.225. The Hall–Kier alpha value is -2.07. The van der Waals surface area contributed by atoms with Crippen molar-refractivity contribution in [3.63, 3.8) is 0 Å². The molecular formula is C23H32O4. The second kappa shape index (κ2) is 11.6. The molecule has 0 saturated heterocycles. The van der Waals surface area contributed by atoms with Crippen LogP contribution in [0.5, 0.6) is 5.75 Å². The van der Waals surface area contributed by atoms with E-state index in [1.54, 1.807) is 0 Å². The Morgan fingerprint density at radius 2 is 1.70 bits per heavy atom. The maximum atomic E-state index is 10.7. The highest BCUT2D eigenvalue weighted by Gasteiger charge is 2.15. The third-order valence-electron chi connectivity index (χ3n) is 4.86. The van der Waals surface area contributed by atoms with Gasteiger partial charge in [0, 0.05) is 12.0 Å². The topological polar surface area (TPSA) is 66.8 Å². The summed E-state index contributed by atoms with van der Waals surface area (Å²) in [6, 6.07) is 12.2. The average Bonchev–Trinajstić information content (AvgIpc) is 2.67. The van der Waals surface area contributed by atoms with Gasteiger partial charge >= 0.3 is 5.97 Å². The monoisotopic (exact) mass is 372 g/mol. The molecule has 0 aliphatic rings. The van der Waals surface area contributed by atoms with E-state index in [1.165, 1.54) is 0 Å². The van der Waals surface area contributed by atoms with Crippen molar-refractivity contribution in [1.29, 1.82) is 0 Å². The molecule has 0 aromatic heterocycles. The third kappa shape index (κ3) is 7.22. The molecule has 0 bridgehead atoms. The summed E-state index contributed by atoms with van der Waals surface area (Å²) < 4.78 is 6.01. The van der Waals surface area contributed by atoms with E-state index < -0.39 is 12.1 Å². The molecule has 0 amide bonds. The largest absolute Gasteiger partial charge is 0.493 e. The number of hydrogen-bond acceptors (Lipinski definition) is 3. The van der Waals surface area contributed by atoms with Crippen molar-refractivity contribution in [3.8, 4) is 5.75 Å². The lowest BCUT2D eigenvalue weighted by atomic mass is 9.98. The Bertz CT molecular complexity index is 711. The highest BCUT2D eigenvalue weighted by molar-refractivity contribution is 5.85. The van der Waals surface area contributed by atoms with Gasteiger partial charge in [-0.2, -0.15) is 0 Å². The first-order valence-corrected chi connectivity index (χ1v) is 10.2. The van der Waals surface area contributed by atoms with Gasteiger partial charge < -0.3 is 14.9 Å². The van der Waals surface area contributed by atoms with Crippen LogP contribution in [0.1, 0.15) is 76.4 Å². The van der Waals surface area contributed by atoms with Gasteiger partial charge in [0.1, 0.15) is 5.75 Å². The number of aliphatic hydroxyl groups excluding tert-OH is 1. The van der Waals surface area contributed by atoms with Crippen LogP contribution in [0.3, 0.4) is 0 Å². The number of carbonyl (C=O) groups is 1. The molecule has 2 rings (SSSR count). The summed E-state index contributed by atoms with van der Waals surface area (Å²) in [5, 5.41) is 21.6. The van der Waals surface area contributed by atoms with Crippen LogP contribution in [0.4, 0.5) is 0 Å². The van der Waals surface area contributed by atoms with E-state index in [9.17, 15) is 9.90 Å². The number of aliphatic carboxylic acids is 1. The summed E-state index contributed by atoms with van der Waals surface area (Å²) in [6.45, 7) is 2.84. The van der Waals surface area contributed by atoms with Crippen LogP contribution < -0.4 is 4.74 Å². The molecular weight excluding hydrogens is 340 g/mol. The van der Waals surface area contributed by atoms with Gasteiger partial charge in [-0.25, -0.2) is 0 Å². The molecule has 0 saturated carbocycles. The number of ether oxygens (including phenoxy) is 1. The van der Waals surface area contributed by atoms with Crippen molar-refractivity contribution in [2.75, 3.05) is 6.61 Å². The van der Waals surface area contributed by atoms with E-state index in [0.29, 0.717) is 19.4 Å². The summed E-state index contributed by atoms with van der Waals surface area (Å²) in [5.41, 5.74) is 0.857. The van der Waals surface area contributed by atoms with Crippen molar-refractivity contribution in [1.82, 2.24) is 0 Å². The standard InChI is InChI=1S/C23H32O4/c1-2-3-10-15-27-22-17-19-12-9-8-11-18(19)16-20(22)21(24)13-6-4-5-7-14-23(25)26/h8-9,11-12,16-17,21,24H,2-7,10,13-15H2,1H3,(H,25,26). The molecule has 0 heterocycles. The Morgan fingerprint density at radius 1 is 1.00 bits per heavy atom. The average molecular weight is 373 g/mol. The molecule has 0 spiro atoms. The van der Waals surface area contributed by atoms with Crippen molar-refractivity contribution >= 4 is 16.7 Å². The molecule has 27 heavy (non-hydrogen) atoms. The van der Waals surface area contributed by atoms with E-state index in [-0.39, 0.29) is 6.42 Å². The lowest BCUT2D eigenvalue weighted by Crippen LogP contribution is -2.05. The number of benzene rings is 2. The number of unbranched alkanes of at least 4 members (excludes halogenated alkanes) is 5. The fourth-order valence-corrected chi connectivity index (χ4v) is 3.28. The molecule has 1 atom stereocenters. The Balaban J connectivity index is 1.98. The van der Waals surface area contributed by atoms with Gasteiger partial charge in [0.05, 0.1) is 12.7 Å². The van der Waals surface area contributed by atoms with Crippen molar-refractivity contribution in [2.24, 2.45) is 0 Å². The van der Waals surface area contributed by atoms with E-state index in [1.807, 2.05) is 24.3 Å². The molecule has 0 aliphatic carbocycles. The minimum atomic E-state index is -0.740. The molecule has 0 fully saturated rings. The van der Waals surface area contributed by atoms with Crippen molar-refractivity contribution < 1.29 is 19.7 Å². The van der Waals surface area contributed by atoms with Crippen molar-refractivity contribution in [3.05, 3.63) is 42.0 Å². The van der Waals surface area contributed by atoms with Gasteiger partial charge in [0.15, 0.2) is 0 Å². The molecule has 4 heteroatoms. The Kier molecular flexibility index (Phi) is 9.12.